The van der Waals surface area contributed by atoms with Gasteiger partial charge < -0.3 is 9.26 Å². The fraction of sp³-hybridized carbons (Fsp3) is 0.375. The Morgan fingerprint density at radius 3 is 2.73 bits per heavy atom. The third-order valence-electron chi connectivity index (χ3n) is 4.85. The van der Waals surface area contributed by atoms with Gasteiger partial charge in [-0.3, -0.25) is 0 Å². The van der Waals surface area contributed by atoms with Crippen molar-refractivity contribution in [3.05, 3.63) is 24.2 Å². The molecule has 0 unspecified atom stereocenters. The predicted molar refractivity (Wildman–Crippen MR) is 89.4 cm³/mol. The first kappa shape index (κ1) is 15.0. The van der Waals surface area contributed by atoms with Crippen LogP contribution in [0.4, 0.5) is 0 Å². The van der Waals surface area contributed by atoms with Crippen molar-refractivity contribution >= 4 is 5.65 Å². The van der Waals surface area contributed by atoms with Crippen LogP contribution < -0.4 is 4.74 Å². The summed E-state index contributed by atoms with van der Waals surface area (Å²) in [5.41, 5.74) is 2.84. The van der Waals surface area contributed by atoms with Gasteiger partial charge in [0, 0.05) is 18.7 Å². The Labute approximate surface area is 147 Å². The van der Waals surface area contributed by atoms with E-state index in [-0.39, 0.29) is 0 Å². The van der Waals surface area contributed by atoms with E-state index in [0.717, 1.165) is 24.1 Å². The molecule has 0 atom stereocenters. The maximum Gasteiger partial charge on any atom is 0.220 e. The summed E-state index contributed by atoms with van der Waals surface area (Å²) >= 11 is 0. The first-order valence-electron chi connectivity index (χ1n) is 8.36. The largest absolute Gasteiger partial charge is 0.492 e. The van der Waals surface area contributed by atoms with Gasteiger partial charge in [-0.15, -0.1) is 10.2 Å². The van der Waals surface area contributed by atoms with Gasteiger partial charge in [0.25, 0.3) is 0 Å². The average molecular weight is 352 g/mol. The van der Waals surface area contributed by atoms with Gasteiger partial charge in [-0.25, -0.2) is 9.67 Å². The van der Waals surface area contributed by atoms with E-state index < -0.39 is 0 Å². The fourth-order valence-corrected chi connectivity index (χ4v) is 3.34. The Hall–Kier alpha value is -3.30. The molecule has 0 spiro atoms. The quantitative estimate of drug-likeness (QED) is 0.547. The van der Waals surface area contributed by atoms with Crippen molar-refractivity contribution in [2.45, 2.75) is 25.2 Å². The summed E-state index contributed by atoms with van der Waals surface area (Å²) in [6.45, 7) is 0. The molecule has 0 amide bonds. The molecule has 0 aromatic carbocycles. The molecule has 1 aliphatic carbocycles. The van der Waals surface area contributed by atoms with E-state index in [0.29, 0.717) is 34.7 Å². The highest BCUT2D eigenvalue weighted by molar-refractivity contribution is 5.71. The summed E-state index contributed by atoms with van der Waals surface area (Å²) < 4.78 is 14.0. The van der Waals surface area contributed by atoms with Gasteiger partial charge in [-0.05, 0) is 18.8 Å². The topological polar surface area (TPSA) is 109 Å². The van der Waals surface area contributed by atoms with Gasteiger partial charge in [0.1, 0.15) is 18.3 Å². The predicted octanol–water partition coefficient (Wildman–Crippen LogP) is 1.85. The fourth-order valence-electron chi connectivity index (χ4n) is 3.34. The standard InChI is InChI=1S/C16H16N8O2/c1-23-15(17-8-18-23)12-11(9-4-3-5-9)13(25-2)16-20-19-14(24(16)21-12)10-6-7-26-22-10/h6-9H,3-5H2,1-2H3. The van der Waals surface area contributed by atoms with Crippen molar-refractivity contribution in [1.82, 2.24) is 39.7 Å². The first-order valence-corrected chi connectivity index (χ1v) is 8.36. The zero-order chi connectivity index (χ0) is 17.7. The van der Waals surface area contributed by atoms with Gasteiger partial charge in [0.15, 0.2) is 17.3 Å². The molecule has 0 N–H and O–H groups in total. The summed E-state index contributed by atoms with van der Waals surface area (Å²) in [6.07, 6.45) is 6.36. The lowest BCUT2D eigenvalue weighted by molar-refractivity contribution is 0.373. The van der Waals surface area contributed by atoms with Crippen molar-refractivity contribution in [3.8, 4) is 28.8 Å². The Kier molecular flexibility index (Phi) is 3.24. The average Bonchev–Trinajstić information content (AvgIpc) is 3.32. The summed E-state index contributed by atoms with van der Waals surface area (Å²) in [5, 5.41) is 21.5. The van der Waals surface area contributed by atoms with Crippen LogP contribution in [-0.2, 0) is 7.05 Å². The van der Waals surface area contributed by atoms with E-state index in [2.05, 4.69) is 25.4 Å². The Morgan fingerprint density at radius 1 is 1.23 bits per heavy atom. The molecule has 1 saturated carbocycles. The van der Waals surface area contributed by atoms with Crippen molar-refractivity contribution in [2.75, 3.05) is 7.11 Å². The molecule has 132 valence electrons. The second kappa shape index (κ2) is 5.61. The first-order chi connectivity index (χ1) is 12.8. The second-order valence-corrected chi connectivity index (χ2v) is 6.27. The van der Waals surface area contributed by atoms with Crippen LogP contribution >= 0.6 is 0 Å². The number of hydrogen-bond donors (Lipinski definition) is 0. The van der Waals surface area contributed by atoms with Crippen LogP contribution in [0.1, 0.15) is 30.7 Å². The zero-order valence-electron chi connectivity index (χ0n) is 14.3. The van der Waals surface area contributed by atoms with Crippen molar-refractivity contribution in [1.29, 1.82) is 0 Å². The summed E-state index contributed by atoms with van der Waals surface area (Å²) in [7, 11) is 3.48. The summed E-state index contributed by atoms with van der Waals surface area (Å²) in [4.78, 5) is 4.39. The molecule has 10 heteroatoms. The minimum absolute atomic E-state index is 0.362. The molecule has 0 saturated heterocycles. The molecule has 5 rings (SSSR count). The Bertz CT molecular complexity index is 1080. The highest BCUT2D eigenvalue weighted by atomic mass is 16.5. The summed E-state index contributed by atoms with van der Waals surface area (Å²) in [6, 6.07) is 1.71. The van der Waals surface area contributed by atoms with E-state index in [9.17, 15) is 0 Å². The molecular formula is C16H16N8O2. The van der Waals surface area contributed by atoms with Crippen LogP contribution in [0.15, 0.2) is 23.2 Å². The van der Waals surface area contributed by atoms with Crippen LogP contribution in [0.25, 0.3) is 28.7 Å². The van der Waals surface area contributed by atoms with Crippen molar-refractivity contribution in [3.63, 3.8) is 0 Å². The maximum absolute atomic E-state index is 5.76. The van der Waals surface area contributed by atoms with Gasteiger partial charge in [-0.2, -0.15) is 14.7 Å². The number of rotatable bonds is 4. The molecule has 26 heavy (non-hydrogen) atoms. The molecule has 1 fully saturated rings. The number of methoxy groups -OCH3 is 1. The smallest absolute Gasteiger partial charge is 0.220 e. The van der Waals surface area contributed by atoms with Crippen molar-refractivity contribution in [2.24, 2.45) is 7.05 Å². The summed E-state index contributed by atoms with van der Waals surface area (Å²) in [5.74, 6) is 2.19. The van der Waals surface area contributed by atoms with Gasteiger partial charge in [-0.1, -0.05) is 11.6 Å². The number of aromatic nitrogens is 8. The molecule has 0 aliphatic heterocycles. The lowest BCUT2D eigenvalue weighted by atomic mass is 9.79. The van der Waals surface area contributed by atoms with Crippen LogP contribution in [0.3, 0.4) is 0 Å². The molecule has 0 bridgehead atoms. The second-order valence-electron chi connectivity index (χ2n) is 6.27. The van der Waals surface area contributed by atoms with Gasteiger partial charge in [0.2, 0.25) is 11.5 Å². The number of fused-ring (bicyclic) bond motifs is 1. The van der Waals surface area contributed by atoms with E-state index in [1.54, 1.807) is 22.4 Å². The number of ether oxygens (including phenoxy) is 1. The number of nitrogens with zero attached hydrogens (tertiary/aromatic N) is 8. The van der Waals surface area contributed by atoms with Crippen LogP contribution in [0.2, 0.25) is 0 Å². The zero-order valence-corrected chi connectivity index (χ0v) is 14.3. The third-order valence-corrected chi connectivity index (χ3v) is 4.85. The highest BCUT2D eigenvalue weighted by Gasteiger charge is 2.32. The lowest BCUT2D eigenvalue weighted by Crippen LogP contribution is -2.16. The third kappa shape index (κ3) is 2.04. The van der Waals surface area contributed by atoms with Crippen LogP contribution in [0.5, 0.6) is 5.75 Å². The van der Waals surface area contributed by atoms with E-state index in [1.807, 2.05) is 7.05 Å². The lowest BCUT2D eigenvalue weighted by Gasteiger charge is -2.28. The van der Waals surface area contributed by atoms with E-state index >= 15 is 0 Å². The van der Waals surface area contributed by atoms with Crippen LogP contribution in [-0.4, -0.2) is 46.8 Å². The minimum Gasteiger partial charge on any atom is -0.492 e. The molecule has 1 aliphatic rings. The maximum atomic E-state index is 5.76. The normalized spacial score (nSPS) is 14.7. The minimum atomic E-state index is 0.362. The molecule has 4 aromatic heterocycles. The monoisotopic (exact) mass is 352 g/mol. The molecule has 4 aromatic rings. The number of aryl methyl sites for hydroxylation is 1. The number of hydrogen-bond acceptors (Lipinski definition) is 8. The highest BCUT2D eigenvalue weighted by Crippen LogP contribution is 2.45. The van der Waals surface area contributed by atoms with E-state index in [1.165, 1.54) is 19.0 Å². The molecular weight excluding hydrogens is 336 g/mol. The molecule has 10 nitrogen and oxygen atoms in total. The van der Waals surface area contributed by atoms with Gasteiger partial charge in [0.05, 0.1) is 7.11 Å². The van der Waals surface area contributed by atoms with Crippen molar-refractivity contribution < 1.29 is 9.26 Å². The van der Waals surface area contributed by atoms with E-state index in [4.69, 9.17) is 14.4 Å². The van der Waals surface area contributed by atoms with Gasteiger partial charge >= 0.3 is 0 Å². The Morgan fingerprint density at radius 2 is 2.12 bits per heavy atom. The molecule has 4 heterocycles. The molecule has 0 radical (unpaired) electrons. The Balaban J connectivity index is 1.85. The SMILES string of the molecule is COc1c(C2CCC2)c(-c2ncnn2C)nn2c(-c3ccon3)nnc12. The van der Waals surface area contributed by atoms with Crippen LogP contribution in [0, 0.1) is 0 Å².